The number of aliphatic carboxylic acids is 1. The number of carboxylic acids is 1. The van der Waals surface area contributed by atoms with Gasteiger partial charge in [-0.05, 0) is 18.8 Å². The fourth-order valence-electron chi connectivity index (χ4n) is 1.05. The van der Waals surface area contributed by atoms with Crippen molar-refractivity contribution in [3.05, 3.63) is 12.7 Å². The van der Waals surface area contributed by atoms with Crippen LogP contribution in [0.25, 0.3) is 0 Å². The van der Waals surface area contributed by atoms with Crippen LogP contribution in [0.5, 0.6) is 0 Å². The highest BCUT2D eigenvalue weighted by Gasteiger charge is 2.36. The fourth-order valence-corrected chi connectivity index (χ4v) is 1.05. The van der Waals surface area contributed by atoms with Crippen molar-refractivity contribution < 1.29 is 14.6 Å². The zero-order valence-corrected chi connectivity index (χ0v) is 9.41. The summed E-state index contributed by atoms with van der Waals surface area (Å²) in [6.07, 6.45) is 3.13. The lowest BCUT2D eigenvalue weighted by Gasteiger charge is -2.15. The zero-order chi connectivity index (χ0) is 11.4. The Kier molecular flexibility index (Phi) is 4.85. The molecule has 0 bridgehead atoms. The molecule has 3 heteroatoms. The molecule has 1 heterocycles. The molecule has 1 fully saturated rings. The summed E-state index contributed by atoms with van der Waals surface area (Å²) in [4.78, 5) is 9.25. The average Bonchev–Trinajstić information content (AvgIpc) is 2.64. The van der Waals surface area contributed by atoms with Crippen molar-refractivity contribution in [2.24, 2.45) is 5.41 Å². The lowest BCUT2D eigenvalue weighted by molar-refractivity contribution is -0.131. The van der Waals surface area contributed by atoms with Gasteiger partial charge in [0.1, 0.15) is 0 Å². The second kappa shape index (κ2) is 5.15. The minimum atomic E-state index is -0.981. The molecule has 2 unspecified atom stereocenters. The van der Waals surface area contributed by atoms with E-state index in [1.54, 1.807) is 0 Å². The highest BCUT2D eigenvalue weighted by atomic mass is 16.6. The molecule has 2 atom stereocenters. The molecule has 0 saturated carbocycles. The highest BCUT2D eigenvalue weighted by molar-refractivity contribution is 5.78. The lowest BCUT2D eigenvalue weighted by Crippen LogP contribution is -2.09. The Morgan fingerprint density at radius 3 is 2.00 bits per heavy atom. The van der Waals surface area contributed by atoms with Crippen LogP contribution < -0.4 is 0 Å². The van der Waals surface area contributed by atoms with Crippen LogP contribution in [0.15, 0.2) is 12.7 Å². The van der Waals surface area contributed by atoms with Crippen molar-refractivity contribution in [3.63, 3.8) is 0 Å². The van der Waals surface area contributed by atoms with E-state index in [-0.39, 0.29) is 0 Å². The summed E-state index contributed by atoms with van der Waals surface area (Å²) in [7, 11) is 0. The smallest absolute Gasteiger partial charge is 0.327 e. The summed E-state index contributed by atoms with van der Waals surface area (Å²) < 4.78 is 5.29. The third-order valence-electron chi connectivity index (χ3n) is 1.82. The van der Waals surface area contributed by atoms with E-state index in [9.17, 15) is 4.79 Å². The maximum absolute atomic E-state index is 9.25. The molecule has 0 aromatic rings. The summed E-state index contributed by atoms with van der Waals surface area (Å²) in [5, 5.41) is 7.60. The van der Waals surface area contributed by atoms with Crippen LogP contribution in [0.2, 0.25) is 0 Å². The molecule has 14 heavy (non-hydrogen) atoms. The van der Waals surface area contributed by atoms with E-state index >= 15 is 0 Å². The van der Waals surface area contributed by atoms with Gasteiger partial charge in [0, 0.05) is 6.08 Å². The molecule has 0 radical (unpaired) electrons. The predicted octanol–water partition coefficient (Wildman–Crippen LogP) is 2.47. The third-order valence-corrected chi connectivity index (χ3v) is 1.82. The molecule has 0 spiro atoms. The van der Waals surface area contributed by atoms with Gasteiger partial charge in [-0.15, -0.1) is 0 Å². The van der Waals surface area contributed by atoms with E-state index in [4.69, 9.17) is 9.84 Å². The van der Waals surface area contributed by atoms with Crippen LogP contribution in [0.4, 0.5) is 0 Å². The lowest BCUT2D eigenvalue weighted by atomic mass is 9.90. The number of epoxide rings is 1. The first-order valence-electron chi connectivity index (χ1n) is 4.77. The van der Waals surface area contributed by atoms with E-state index in [1.165, 1.54) is 6.42 Å². The monoisotopic (exact) mass is 200 g/mol. The molecule has 1 rings (SSSR count). The van der Waals surface area contributed by atoms with Gasteiger partial charge in [-0.3, -0.25) is 0 Å². The van der Waals surface area contributed by atoms with Crippen molar-refractivity contribution in [1.29, 1.82) is 0 Å². The second-order valence-electron chi connectivity index (χ2n) is 4.69. The normalized spacial score (nSPS) is 24.6. The van der Waals surface area contributed by atoms with Gasteiger partial charge in [0.2, 0.25) is 0 Å². The van der Waals surface area contributed by atoms with Crippen molar-refractivity contribution in [2.45, 2.75) is 46.3 Å². The summed E-state index contributed by atoms with van der Waals surface area (Å²) in [5.74, 6) is -0.981. The van der Waals surface area contributed by atoms with E-state index in [1.807, 2.05) is 0 Å². The molecule has 82 valence electrons. The number of rotatable bonds is 2. The summed E-state index contributed by atoms with van der Waals surface area (Å²) in [5.41, 5.74) is 0.440. The van der Waals surface area contributed by atoms with Crippen molar-refractivity contribution in [1.82, 2.24) is 0 Å². The molecule has 0 aromatic heterocycles. The largest absolute Gasteiger partial charge is 0.478 e. The summed E-state index contributed by atoms with van der Waals surface area (Å²) in [6, 6.07) is 0. The number of carbonyl (C=O) groups is 1. The van der Waals surface area contributed by atoms with Gasteiger partial charge < -0.3 is 9.84 Å². The quantitative estimate of drug-likeness (QED) is 0.550. The van der Waals surface area contributed by atoms with Crippen LogP contribution in [0, 0.1) is 5.41 Å². The van der Waals surface area contributed by atoms with Crippen LogP contribution in [0.3, 0.4) is 0 Å². The molecule has 1 aliphatic heterocycles. The summed E-state index contributed by atoms with van der Waals surface area (Å²) >= 11 is 0. The summed E-state index contributed by atoms with van der Waals surface area (Å²) in [6.45, 7) is 11.9. The van der Waals surface area contributed by atoms with Gasteiger partial charge >= 0.3 is 5.97 Å². The number of carboxylic acid groups (broad SMARTS) is 1. The number of hydrogen-bond donors (Lipinski definition) is 1. The zero-order valence-electron chi connectivity index (χ0n) is 9.41. The highest BCUT2D eigenvalue weighted by Crippen LogP contribution is 2.33. The molecule has 1 aliphatic rings. The van der Waals surface area contributed by atoms with Gasteiger partial charge in [0.25, 0.3) is 0 Å². The van der Waals surface area contributed by atoms with E-state index in [2.05, 4.69) is 34.3 Å². The molecule has 1 saturated heterocycles. The molecular weight excluding hydrogens is 180 g/mol. The van der Waals surface area contributed by atoms with E-state index in [0.717, 1.165) is 6.08 Å². The first-order valence-corrected chi connectivity index (χ1v) is 4.77. The van der Waals surface area contributed by atoms with Gasteiger partial charge in [-0.1, -0.05) is 27.4 Å². The maximum Gasteiger partial charge on any atom is 0.327 e. The van der Waals surface area contributed by atoms with Crippen molar-refractivity contribution >= 4 is 5.97 Å². The van der Waals surface area contributed by atoms with Crippen LogP contribution in [0.1, 0.15) is 34.1 Å². The van der Waals surface area contributed by atoms with E-state index in [0.29, 0.717) is 17.6 Å². The molecule has 3 nitrogen and oxygen atoms in total. The van der Waals surface area contributed by atoms with Gasteiger partial charge in [0.15, 0.2) is 0 Å². The predicted molar refractivity (Wildman–Crippen MR) is 56.2 cm³/mol. The first kappa shape index (κ1) is 13.2. The average molecular weight is 200 g/mol. The minimum absolute atomic E-state index is 0.440. The molecule has 0 aromatic carbocycles. The number of ether oxygens (including phenoxy) is 1. The Balaban J connectivity index is 0.000000292. The van der Waals surface area contributed by atoms with Crippen LogP contribution in [-0.4, -0.2) is 23.3 Å². The first-order chi connectivity index (χ1) is 6.26. The van der Waals surface area contributed by atoms with Gasteiger partial charge in [-0.25, -0.2) is 4.79 Å². The standard InChI is InChI=1S/C8H16O.C3H4O2/c1-6-7(9-6)5-8(2,3)4;1-2-3(4)5/h6-7H,5H2,1-4H3;2H,1H2,(H,4,5). The molecule has 1 N–H and O–H groups in total. The van der Waals surface area contributed by atoms with Crippen LogP contribution >= 0.6 is 0 Å². The van der Waals surface area contributed by atoms with Crippen molar-refractivity contribution in [3.8, 4) is 0 Å². The molecule has 0 aliphatic carbocycles. The van der Waals surface area contributed by atoms with Gasteiger partial charge in [-0.2, -0.15) is 0 Å². The fraction of sp³-hybridized carbons (Fsp3) is 0.727. The second-order valence-corrected chi connectivity index (χ2v) is 4.69. The SMILES string of the molecule is C=CC(=O)O.CC1OC1CC(C)(C)C. The molecule has 0 amide bonds. The Bertz CT molecular complexity index is 203. The van der Waals surface area contributed by atoms with E-state index < -0.39 is 5.97 Å². The third kappa shape index (κ3) is 7.80. The maximum atomic E-state index is 9.25. The topological polar surface area (TPSA) is 49.8 Å². The minimum Gasteiger partial charge on any atom is -0.478 e. The Morgan fingerprint density at radius 2 is 1.93 bits per heavy atom. The number of hydrogen-bond acceptors (Lipinski definition) is 2. The Labute approximate surface area is 85.8 Å². The van der Waals surface area contributed by atoms with Crippen molar-refractivity contribution in [2.75, 3.05) is 0 Å². The van der Waals surface area contributed by atoms with Gasteiger partial charge in [0.05, 0.1) is 12.2 Å². The Morgan fingerprint density at radius 1 is 1.57 bits per heavy atom. The molecular formula is C11H20O3. The Hall–Kier alpha value is -0.830. The van der Waals surface area contributed by atoms with Crippen LogP contribution in [-0.2, 0) is 9.53 Å².